The van der Waals surface area contributed by atoms with Gasteiger partial charge in [0.25, 0.3) is 0 Å². The number of hydrogen-bond donors (Lipinski definition) is 8. The molecule has 0 aliphatic carbocycles. The van der Waals surface area contributed by atoms with E-state index in [9.17, 15) is 39.0 Å². The van der Waals surface area contributed by atoms with Crippen LogP contribution in [0.2, 0.25) is 0 Å². The average molecular weight is 509 g/mol. The van der Waals surface area contributed by atoms with Crippen LogP contribution in [0, 0.1) is 0 Å². The fourth-order valence-corrected chi connectivity index (χ4v) is 3.00. The Labute approximate surface area is 206 Å². The maximum Gasteiger partial charge on any atom is 0.326 e. The van der Waals surface area contributed by atoms with Gasteiger partial charge in [-0.1, -0.05) is 12.1 Å². The van der Waals surface area contributed by atoms with Gasteiger partial charge >= 0.3 is 5.97 Å². The first kappa shape index (κ1) is 29.8. The molecule has 0 aromatic heterocycles. The SMILES string of the molecule is CC(NC(=O)C(N)CCC(N)=O)C(=O)NC(Cc1ccc(O)cc1)C(=O)NC(CCC(N)=O)C(=O)O. The fraction of sp³-hybridized carbons (Fsp3) is 0.455. The number of carbonyl (C=O) groups is 6. The lowest BCUT2D eigenvalue weighted by Crippen LogP contribution is -2.57. The zero-order chi connectivity index (χ0) is 27.4. The van der Waals surface area contributed by atoms with Gasteiger partial charge in [0.15, 0.2) is 0 Å². The number of aromatic hydroxyl groups is 1. The number of aliphatic carboxylic acids is 1. The molecule has 198 valence electrons. The standard InChI is InChI=1S/C22H32N6O8/c1-11(26-20(33)14(23)6-8-17(24)30)19(32)28-16(10-12-2-4-13(29)5-3-12)21(34)27-15(22(35)36)7-9-18(25)31/h2-5,11,14-16,29H,6-10,23H2,1H3,(H2,24,30)(H2,25,31)(H,26,33)(H,27,34)(H,28,32)(H,35,36). The smallest absolute Gasteiger partial charge is 0.326 e. The van der Waals surface area contributed by atoms with E-state index in [-0.39, 0.29) is 37.9 Å². The predicted molar refractivity (Wildman–Crippen MR) is 126 cm³/mol. The van der Waals surface area contributed by atoms with Crippen molar-refractivity contribution in [2.75, 3.05) is 0 Å². The number of phenolic OH excluding ortho intramolecular Hbond substituents is 1. The molecule has 0 radical (unpaired) electrons. The summed E-state index contributed by atoms with van der Waals surface area (Å²) in [6, 6.07) is 0.803. The van der Waals surface area contributed by atoms with Crippen molar-refractivity contribution in [3.63, 3.8) is 0 Å². The number of carbonyl (C=O) groups excluding carboxylic acids is 5. The van der Waals surface area contributed by atoms with Gasteiger partial charge in [0.1, 0.15) is 23.9 Å². The summed E-state index contributed by atoms with van der Waals surface area (Å²) in [5.41, 5.74) is 16.3. The summed E-state index contributed by atoms with van der Waals surface area (Å²) in [6.45, 7) is 1.34. The van der Waals surface area contributed by atoms with E-state index in [0.29, 0.717) is 5.56 Å². The zero-order valence-corrected chi connectivity index (χ0v) is 19.7. The maximum atomic E-state index is 12.9. The van der Waals surface area contributed by atoms with Crippen LogP contribution < -0.4 is 33.2 Å². The van der Waals surface area contributed by atoms with E-state index in [2.05, 4.69) is 16.0 Å². The summed E-state index contributed by atoms with van der Waals surface area (Å²) in [7, 11) is 0. The fourth-order valence-electron chi connectivity index (χ4n) is 3.00. The van der Waals surface area contributed by atoms with Crippen molar-refractivity contribution in [1.29, 1.82) is 0 Å². The highest BCUT2D eigenvalue weighted by Gasteiger charge is 2.29. The van der Waals surface area contributed by atoms with Crippen molar-refractivity contribution in [2.45, 2.75) is 63.2 Å². The summed E-state index contributed by atoms with van der Waals surface area (Å²) in [5, 5.41) is 25.9. The third-order valence-corrected chi connectivity index (χ3v) is 5.09. The van der Waals surface area contributed by atoms with Gasteiger partial charge in [-0.05, 0) is 37.5 Å². The lowest BCUT2D eigenvalue weighted by Gasteiger charge is -2.24. The molecule has 1 aromatic rings. The van der Waals surface area contributed by atoms with Gasteiger partial charge in [-0.3, -0.25) is 24.0 Å². The van der Waals surface area contributed by atoms with Crippen molar-refractivity contribution in [3.8, 4) is 5.75 Å². The largest absolute Gasteiger partial charge is 0.508 e. The van der Waals surface area contributed by atoms with Gasteiger partial charge in [-0.2, -0.15) is 0 Å². The molecule has 1 aromatic carbocycles. The minimum atomic E-state index is -1.44. The van der Waals surface area contributed by atoms with Crippen LogP contribution in [0.1, 0.15) is 38.2 Å². The molecule has 0 spiro atoms. The van der Waals surface area contributed by atoms with Gasteiger partial charge in [-0.25, -0.2) is 4.79 Å². The second-order valence-corrected chi connectivity index (χ2v) is 8.18. The molecule has 14 heteroatoms. The Morgan fingerprint density at radius 3 is 1.86 bits per heavy atom. The monoisotopic (exact) mass is 508 g/mol. The van der Waals surface area contributed by atoms with Crippen LogP contribution in [0.15, 0.2) is 24.3 Å². The molecule has 4 unspecified atom stereocenters. The Morgan fingerprint density at radius 1 is 0.806 bits per heavy atom. The number of nitrogens with two attached hydrogens (primary N) is 3. The lowest BCUT2D eigenvalue weighted by atomic mass is 10.0. The van der Waals surface area contributed by atoms with Crippen molar-refractivity contribution >= 4 is 35.5 Å². The number of carboxylic acids is 1. The number of benzene rings is 1. The Kier molecular flexibility index (Phi) is 11.8. The van der Waals surface area contributed by atoms with Crippen LogP contribution in [0.3, 0.4) is 0 Å². The molecule has 36 heavy (non-hydrogen) atoms. The third-order valence-electron chi connectivity index (χ3n) is 5.09. The van der Waals surface area contributed by atoms with E-state index in [4.69, 9.17) is 17.2 Å². The molecular formula is C22H32N6O8. The molecule has 11 N–H and O–H groups in total. The van der Waals surface area contributed by atoms with E-state index in [1.165, 1.54) is 31.2 Å². The zero-order valence-electron chi connectivity index (χ0n) is 19.7. The molecule has 14 nitrogen and oxygen atoms in total. The molecule has 0 saturated carbocycles. The molecule has 5 amide bonds. The summed E-state index contributed by atoms with van der Waals surface area (Å²) >= 11 is 0. The number of rotatable bonds is 15. The summed E-state index contributed by atoms with van der Waals surface area (Å²) in [5.74, 6) is -5.14. The number of amides is 5. The highest BCUT2D eigenvalue weighted by Crippen LogP contribution is 2.12. The number of carboxylic acid groups (broad SMARTS) is 1. The highest BCUT2D eigenvalue weighted by molar-refractivity contribution is 5.94. The Morgan fingerprint density at radius 2 is 1.33 bits per heavy atom. The lowest BCUT2D eigenvalue weighted by molar-refractivity contribution is -0.142. The minimum Gasteiger partial charge on any atom is -0.508 e. The van der Waals surface area contributed by atoms with Crippen molar-refractivity contribution in [1.82, 2.24) is 16.0 Å². The van der Waals surface area contributed by atoms with Crippen LogP contribution >= 0.6 is 0 Å². The number of hydrogen-bond acceptors (Lipinski definition) is 8. The molecule has 0 saturated heterocycles. The number of primary amides is 2. The molecule has 0 fully saturated rings. The maximum absolute atomic E-state index is 12.9. The molecule has 0 aliphatic rings. The summed E-state index contributed by atoms with van der Waals surface area (Å²) in [4.78, 5) is 71.2. The molecule has 1 rings (SSSR count). The Bertz CT molecular complexity index is 968. The van der Waals surface area contributed by atoms with Gasteiger partial charge < -0.3 is 43.4 Å². The first-order chi connectivity index (χ1) is 16.8. The van der Waals surface area contributed by atoms with E-state index < -0.39 is 59.7 Å². The average Bonchev–Trinajstić information content (AvgIpc) is 2.80. The van der Waals surface area contributed by atoms with E-state index in [1.54, 1.807) is 0 Å². The quantitative estimate of drug-likeness (QED) is 0.123. The minimum absolute atomic E-state index is 0.0230. The third kappa shape index (κ3) is 10.8. The van der Waals surface area contributed by atoms with Crippen molar-refractivity contribution in [2.24, 2.45) is 17.2 Å². The molecule has 0 bridgehead atoms. The first-order valence-corrected chi connectivity index (χ1v) is 11.0. The summed E-state index contributed by atoms with van der Waals surface area (Å²) < 4.78 is 0. The van der Waals surface area contributed by atoms with Gasteiger partial charge in [0, 0.05) is 19.3 Å². The van der Waals surface area contributed by atoms with Gasteiger partial charge in [0.2, 0.25) is 29.5 Å². The molecular weight excluding hydrogens is 476 g/mol. The van der Waals surface area contributed by atoms with E-state index in [0.717, 1.165) is 0 Å². The van der Waals surface area contributed by atoms with Crippen LogP contribution in [-0.2, 0) is 35.2 Å². The highest BCUT2D eigenvalue weighted by atomic mass is 16.4. The second-order valence-electron chi connectivity index (χ2n) is 8.18. The molecule has 0 heterocycles. The Balaban J connectivity index is 2.95. The van der Waals surface area contributed by atoms with Gasteiger partial charge in [-0.15, -0.1) is 0 Å². The van der Waals surface area contributed by atoms with Crippen LogP contribution in [0.25, 0.3) is 0 Å². The van der Waals surface area contributed by atoms with Crippen LogP contribution in [0.4, 0.5) is 0 Å². The van der Waals surface area contributed by atoms with Gasteiger partial charge in [0.05, 0.1) is 6.04 Å². The Hall–Kier alpha value is -4.20. The predicted octanol–water partition coefficient (Wildman–Crippen LogP) is -2.65. The van der Waals surface area contributed by atoms with E-state index >= 15 is 0 Å². The second kappa shape index (κ2) is 14.3. The normalized spacial score (nSPS) is 13.9. The van der Waals surface area contributed by atoms with Crippen LogP contribution in [-0.4, -0.2) is 69.9 Å². The van der Waals surface area contributed by atoms with E-state index in [1.807, 2.05) is 0 Å². The molecule has 4 atom stereocenters. The number of nitrogens with one attached hydrogen (secondary N) is 3. The summed E-state index contributed by atoms with van der Waals surface area (Å²) in [6.07, 6.45) is -0.774. The van der Waals surface area contributed by atoms with Crippen molar-refractivity contribution in [3.05, 3.63) is 29.8 Å². The topological polar surface area (TPSA) is 257 Å². The van der Waals surface area contributed by atoms with Crippen LogP contribution in [0.5, 0.6) is 5.75 Å². The first-order valence-electron chi connectivity index (χ1n) is 11.0. The number of phenols is 1. The van der Waals surface area contributed by atoms with Crippen molar-refractivity contribution < 1.29 is 39.0 Å². The molecule has 0 aliphatic heterocycles.